The Morgan fingerprint density at radius 1 is 1.18 bits per heavy atom. The summed E-state index contributed by atoms with van der Waals surface area (Å²) < 4.78 is 0. The summed E-state index contributed by atoms with van der Waals surface area (Å²) in [4.78, 5) is 22.9. The van der Waals surface area contributed by atoms with Gasteiger partial charge in [-0.25, -0.2) is 4.79 Å². The fraction of sp³-hybridized carbons (Fsp3) is 0.833. The highest BCUT2D eigenvalue weighted by Gasteiger charge is 2.40. The number of carbonyl (C=O) groups is 2. The van der Waals surface area contributed by atoms with E-state index in [0.717, 1.165) is 19.3 Å². The zero-order valence-electron chi connectivity index (χ0n) is 10.6. The molecule has 0 amide bonds. The second-order valence-electron chi connectivity index (χ2n) is 4.40. The van der Waals surface area contributed by atoms with Crippen molar-refractivity contribution in [3.05, 3.63) is 0 Å². The van der Waals surface area contributed by atoms with Crippen molar-refractivity contribution in [1.29, 1.82) is 0 Å². The number of carbonyl (C=O) groups excluding carboxylic acids is 1. The number of hydrogen-bond donors (Lipinski definition) is 3. The molecule has 0 aromatic heterocycles. The Morgan fingerprint density at radius 3 is 2.29 bits per heavy atom. The van der Waals surface area contributed by atoms with Gasteiger partial charge in [-0.1, -0.05) is 26.2 Å². The molecule has 5 heteroatoms. The van der Waals surface area contributed by atoms with Gasteiger partial charge in [-0.05, 0) is 25.8 Å². The van der Waals surface area contributed by atoms with E-state index in [2.05, 4.69) is 0 Å². The maximum atomic E-state index is 11.8. The van der Waals surface area contributed by atoms with Gasteiger partial charge >= 0.3 is 5.97 Å². The van der Waals surface area contributed by atoms with Crippen LogP contribution in [0.3, 0.4) is 0 Å². The Labute approximate surface area is 103 Å². The first kappa shape index (κ1) is 16.1. The van der Waals surface area contributed by atoms with Gasteiger partial charge in [0.15, 0.2) is 11.3 Å². The van der Waals surface area contributed by atoms with Crippen molar-refractivity contribution in [2.75, 3.05) is 6.54 Å². The summed E-state index contributed by atoms with van der Waals surface area (Å²) in [5.41, 5.74) is 9.36. The van der Waals surface area contributed by atoms with Gasteiger partial charge in [0, 0.05) is 6.42 Å². The van der Waals surface area contributed by atoms with Gasteiger partial charge in [-0.15, -0.1) is 0 Å². The Balaban J connectivity index is 4.29. The second-order valence-corrected chi connectivity index (χ2v) is 4.40. The SMILES string of the molecule is CCCCC(N)(C(=O)O)C(=O)CCCCCN. The topological polar surface area (TPSA) is 106 Å². The van der Waals surface area contributed by atoms with Crippen molar-refractivity contribution in [3.8, 4) is 0 Å². The maximum Gasteiger partial charge on any atom is 0.331 e. The molecule has 1 atom stereocenters. The molecule has 17 heavy (non-hydrogen) atoms. The number of carboxylic acids is 1. The third kappa shape index (κ3) is 5.28. The monoisotopic (exact) mass is 244 g/mol. The molecular weight excluding hydrogens is 220 g/mol. The van der Waals surface area contributed by atoms with Gasteiger partial charge in [0.2, 0.25) is 0 Å². The molecule has 0 radical (unpaired) electrons. The lowest BCUT2D eigenvalue weighted by Gasteiger charge is -2.22. The maximum absolute atomic E-state index is 11.8. The largest absolute Gasteiger partial charge is 0.480 e. The van der Waals surface area contributed by atoms with Crippen molar-refractivity contribution < 1.29 is 14.7 Å². The number of rotatable bonds is 10. The fourth-order valence-corrected chi connectivity index (χ4v) is 1.65. The summed E-state index contributed by atoms with van der Waals surface area (Å²) in [7, 11) is 0. The molecule has 0 aromatic carbocycles. The third-order valence-electron chi connectivity index (χ3n) is 2.91. The Kier molecular flexibility index (Phi) is 7.74. The molecule has 0 aliphatic rings. The van der Waals surface area contributed by atoms with E-state index in [1.165, 1.54) is 0 Å². The van der Waals surface area contributed by atoms with Crippen molar-refractivity contribution in [2.45, 2.75) is 57.4 Å². The highest BCUT2D eigenvalue weighted by molar-refractivity contribution is 6.07. The van der Waals surface area contributed by atoms with E-state index in [-0.39, 0.29) is 18.6 Å². The van der Waals surface area contributed by atoms with E-state index in [4.69, 9.17) is 16.6 Å². The zero-order chi connectivity index (χ0) is 13.3. The number of unbranched alkanes of at least 4 members (excludes halogenated alkanes) is 3. The Morgan fingerprint density at radius 2 is 1.82 bits per heavy atom. The number of Topliss-reactive ketones (excluding diaryl/α,β-unsaturated/α-hetero) is 1. The first-order valence-electron chi connectivity index (χ1n) is 6.24. The molecule has 0 fully saturated rings. The Bertz CT molecular complexity index is 256. The van der Waals surface area contributed by atoms with Crippen molar-refractivity contribution in [2.24, 2.45) is 11.5 Å². The van der Waals surface area contributed by atoms with Crippen LogP contribution in [0, 0.1) is 0 Å². The predicted molar refractivity (Wildman–Crippen MR) is 66.6 cm³/mol. The molecule has 0 aliphatic carbocycles. The van der Waals surface area contributed by atoms with Crippen LogP contribution >= 0.6 is 0 Å². The standard InChI is InChI=1S/C12H24N2O3/c1-2-3-8-12(14,11(16)17)10(15)7-5-4-6-9-13/h2-9,13-14H2,1H3,(H,16,17). The average molecular weight is 244 g/mol. The van der Waals surface area contributed by atoms with Crippen LogP contribution < -0.4 is 11.5 Å². The first-order chi connectivity index (χ1) is 7.99. The lowest BCUT2D eigenvalue weighted by atomic mass is 9.86. The van der Waals surface area contributed by atoms with Crippen LogP contribution in [-0.4, -0.2) is 28.9 Å². The molecule has 0 bridgehead atoms. The molecule has 0 saturated carbocycles. The first-order valence-corrected chi connectivity index (χ1v) is 6.24. The molecule has 0 aliphatic heterocycles. The van der Waals surface area contributed by atoms with Crippen LogP contribution in [0.4, 0.5) is 0 Å². The summed E-state index contributed by atoms with van der Waals surface area (Å²) in [6, 6.07) is 0. The summed E-state index contributed by atoms with van der Waals surface area (Å²) in [5.74, 6) is -1.58. The minimum absolute atomic E-state index is 0.217. The van der Waals surface area contributed by atoms with E-state index in [9.17, 15) is 9.59 Å². The zero-order valence-corrected chi connectivity index (χ0v) is 10.6. The molecule has 5 nitrogen and oxygen atoms in total. The second kappa shape index (κ2) is 8.20. The molecular formula is C12H24N2O3. The van der Waals surface area contributed by atoms with Gasteiger partial charge in [-0.2, -0.15) is 0 Å². The van der Waals surface area contributed by atoms with Crippen LogP contribution in [-0.2, 0) is 9.59 Å². The number of ketones is 1. The van der Waals surface area contributed by atoms with Gasteiger partial charge in [-0.3, -0.25) is 4.79 Å². The summed E-state index contributed by atoms with van der Waals surface area (Å²) in [6.45, 7) is 2.53. The average Bonchev–Trinajstić information content (AvgIpc) is 2.31. The van der Waals surface area contributed by atoms with E-state index < -0.39 is 11.5 Å². The van der Waals surface area contributed by atoms with E-state index in [0.29, 0.717) is 19.4 Å². The van der Waals surface area contributed by atoms with Crippen molar-refractivity contribution >= 4 is 11.8 Å². The number of aliphatic carboxylic acids is 1. The summed E-state index contributed by atoms with van der Waals surface area (Å²) in [6.07, 6.45) is 4.28. The van der Waals surface area contributed by atoms with Crippen LogP contribution in [0.2, 0.25) is 0 Å². The Hall–Kier alpha value is -0.940. The lowest BCUT2D eigenvalue weighted by Crippen LogP contribution is -2.54. The van der Waals surface area contributed by atoms with Gasteiger partial charge in [0.05, 0.1) is 0 Å². The molecule has 1 unspecified atom stereocenters. The number of carboxylic acid groups (broad SMARTS) is 1. The van der Waals surface area contributed by atoms with Gasteiger partial charge in [0.25, 0.3) is 0 Å². The van der Waals surface area contributed by atoms with Crippen LogP contribution in [0.1, 0.15) is 51.9 Å². The molecule has 0 aromatic rings. The van der Waals surface area contributed by atoms with E-state index in [1.807, 2.05) is 6.92 Å². The minimum atomic E-state index is -1.70. The predicted octanol–water partition coefficient (Wildman–Crippen LogP) is 1.05. The van der Waals surface area contributed by atoms with E-state index in [1.54, 1.807) is 0 Å². The molecule has 0 spiro atoms. The molecule has 0 heterocycles. The van der Waals surface area contributed by atoms with Crippen molar-refractivity contribution in [3.63, 3.8) is 0 Å². The summed E-state index contributed by atoms with van der Waals surface area (Å²) in [5, 5.41) is 9.07. The van der Waals surface area contributed by atoms with E-state index >= 15 is 0 Å². The minimum Gasteiger partial charge on any atom is -0.480 e. The molecule has 100 valence electrons. The van der Waals surface area contributed by atoms with Crippen molar-refractivity contribution in [1.82, 2.24) is 0 Å². The molecule has 0 saturated heterocycles. The van der Waals surface area contributed by atoms with Crippen LogP contribution in [0.25, 0.3) is 0 Å². The highest BCUT2D eigenvalue weighted by atomic mass is 16.4. The quantitative estimate of drug-likeness (QED) is 0.393. The third-order valence-corrected chi connectivity index (χ3v) is 2.91. The highest BCUT2D eigenvalue weighted by Crippen LogP contribution is 2.17. The van der Waals surface area contributed by atoms with Crippen LogP contribution in [0.5, 0.6) is 0 Å². The van der Waals surface area contributed by atoms with Gasteiger partial charge in [0.1, 0.15) is 0 Å². The molecule has 5 N–H and O–H groups in total. The van der Waals surface area contributed by atoms with Gasteiger partial charge < -0.3 is 16.6 Å². The molecule has 0 rings (SSSR count). The normalized spacial score (nSPS) is 14.3. The van der Waals surface area contributed by atoms with Crippen LogP contribution in [0.15, 0.2) is 0 Å². The smallest absolute Gasteiger partial charge is 0.331 e. The fourth-order valence-electron chi connectivity index (χ4n) is 1.65. The number of nitrogens with two attached hydrogens (primary N) is 2. The number of hydrogen-bond acceptors (Lipinski definition) is 4. The lowest BCUT2D eigenvalue weighted by molar-refractivity contribution is -0.148. The summed E-state index contributed by atoms with van der Waals surface area (Å²) >= 11 is 0.